The van der Waals surface area contributed by atoms with E-state index in [4.69, 9.17) is 11.6 Å². The number of pyridine rings is 1. The number of nitrogens with zero attached hydrogens (tertiary/aromatic N) is 4. The third-order valence-corrected chi connectivity index (χ3v) is 8.14. The van der Waals surface area contributed by atoms with Crippen molar-refractivity contribution >= 4 is 29.2 Å². The fourth-order valence-electron chi connectivity index (χ4n) is 5.73. The first kappa shape index (κ1) is 25.0. The third-order valence-electron chi connectivity index (χ3n) is 7.84. The lowest BCUT2D eigenvalue weighted by atomic mass is 9.94. The number of carbonyl (C=O) groups is 2. The highest BCUT2D eigenvalue weighted by atomic mass is 35.5. The predicted molar refractivity (Wildman–Crippen MR) is 139 cm³/mol. The van der Waals surface area contributed by atoms with Gasteiger partial charge in [0.05, 0.1) is 16.7 Å². The van der Waals surface area contributed by atoms with Crippen molar-refractivity contribution in [3.8, 4) is 0 Å². The fraction of sp³-hybridized carbons (Fsp3) is 0.519. The van der Waals surface area contributed by atoms with Crippen LogP contribution in [0.3, 0.4) is 0 Å². The number of piperidine rings is 2. The molecule has 4 heterocycles. The molecule has 0 unspecified atom stereocenters. The molecule has 36 heavy (non-hydrogen) atoms. The van der Waals surface area contributed by atoms with Gasteiger partial charge in [0.1, 0.15) is 5.82 Å². The predicted octanol–water partition coefficient (Wildman–Crippen LogP) is 2.79. The summed E-state index contributed by atoms with van der Waals surface area (Å²) in [6, 6.07) is 10.4. The van der Waals surface area contributed by atoms with Crippen molar-refractivity contribution in [3.05, 3.63) is 58.2 Å². The number of benzene rings is 1. The SMILES string of the molecule is CC(=O)N1CCC(Nc2cc(C(=O)N3CC[C@H](N4CCc5ccccc5C4)[C@@H](O)C3)c(Cl)cn2)CC1. The van der Waals surface area contributed by atoms with Crippen LogP contribution in [-0.2, 0) is 17.8 Å². The summed E-state index contributed by atoms with van der Waals surface area (Å²) in [5.74, 6) is 0.520. The second kappa shape index (κ2) is 10.7. The van der Waals surface area contributed by atoms with Crippen LogP contribution in [0.2, 0.25) is 5.02 Å². The molecular formula is C27H34ClN5O3. The number of carbonyl (C=O) groups excluding carboxylic acids is 2. The van der Waals surface area contributed by atoms with Crippen LogP contribution in [0.15, 0.2) is 36.5 Å². The van der Waals surface area contributed by atoms with Gasteiger partial charge in [-0.15, -0.1) is 0 Å². The maximum Gasteiger partial charge on any atom is 0.255 e. The largest absolute Gasteiger partial charge is 0.390 e. The number of aliphatic hydroxyl groups is 1. The van der Waals surface area contributed by atoms with Gasteiger partial charge < -0.3 is 20.2 Å². The molecule has 3 aliphatic heterocycles. The number of aromatic nitrogens is 1. The molecule has 0 spiro atoms. The van der Waals surface area contributed by atoms with E-state index in [-0.39, 0.29) is 30.4 Å². The summed E-state index contributed by atoms with van der Waals surface area (Å²) in [6.07, 6.45) is 4.26. The molecule has 2 N–H and O–H groups in total. The molecule has 2 saturated heterocycles. The Bertz CT molecular complexity index is 1120. The molecule has 2 atom stereocenters. The van der Waals surface area contributed by atoms with E-state index >= 15 is 0 Å². The van der Waals surface area contributed by atoms with Crippen molar-refractivity contribution in [2.24, 2.45) is 0 Å². The Hall–Kier alpha value is -2.68. The standard InChI is InChI=1S/C27H34ClN5O3/c1-18(34)31-11-7-21(8-12-31)30-26-14-22(23(28)15-29-26)27(36)33-13-9-24(25(35)17-33)32-10-6-19-4-2-3-5-20(19)16-32/h2-5,14-15,21,24-25,35H,6-13,16-17H2,1H3,(H,29,30)/t24-,25-/m0/s1. The van der Waals surface area contributed by atoms with Gasteiger partial charge in [-0.05, 0) is 42.9 Å². The lowest BCUT2D eigenvalue weighted by molar-refractivity contribution is -0.129. The second-order valence-corrected chi connectivity index (χ2v) is 10.5. The molecule has 9 heteroatoms. The molecule has 1 aromatic carbocycles. The average molecular weight is 512 g/mol. The van der Waals surface area contributed by atoms with E-state index in [1.54, 1.807) is 17.9 Å². The molecule has 3 aliphatic rings. The first-order chi connectivity index (χ1) is 17.4. The minimum Gasteiger partial charge on any atom is -0.390 e. The molecule has 2 fully saturated rings. The Balaban J connectivity index is 1.20. The number of hydrogen-bond donors (Lipinski definition) is 2. The highest BCUT2D eigenvalue weighted by Crippen LogP contribution is 2.28. The van der Waals surface area contributed by atoms with Crippen molar-refractivity contribution in [2.75, 3.05) is 38.0 Å². The monoisotopic (exact) mass is 511 g/mol. The van der Waals surface area contributed by atoms with Gasteiger partial charge in [0.2, 0.25) is 5.91 Å². The van der Waals surface area contributed by atoms with Gasteiger partial charge in [-0.2, -0.15) is 0 Å². The van der Waals surface area contributed by atoms with E-state index in [2.05, 4.69) is 39.5 Å². The maximum absolute atomic E-state index is 13.4. The summed E-state index contributed by atoms with van der Waals surface area (Å²) >= 11 is 6.39. The van der Waals surface area contributed by atoms with Crippen molar-refractivity contribution in [1.82, 2.24) is 19.7 Å². The van der Waals surface area contributed by atoms with Gasteiger partial charge in [0.25, 0.3) is 5.91 Å². The van der Waals surface area contributed by atoms with Gasteiger partial charge in [0.15, 0.2) is 0 Å². The van der Waals surface area contributed by atoms with E-state index < -0.39 is 6.10 Å². The second-order valence-electron chi connectivity index (χ2n) is 10.1. The molecule has 5 rings (SSSR count). The molecule has 1 aromatic heterocycles. The van der Waals surface area contributed by atoms with Crippen LogP contribution in [-0.4, -0.2) is 87.5 Å². The number of aliphatic hydroxyl groups excluding tert-OH is 1. The minimum absolute atomic E-state index is 0.0356. The highest BCUT2D eigenvalue weighted by molar-refractivity contribution is 6.33. The van der Waals surface area contributed by atoms with Gasteiger partial charge in [-0.3, -0.25) is 14.5 Å². The number of hydrogen-bond acceptors (Lipinski definition) is 6. The first-order valence-corrected chi connectivity index (χ1v) is 13.2. The van der Waals surface area contributed by atoms with Crippen LogP contribution in [0.4, 0.5) is 5.82 Å². The first-order valence-electron chi connectivity index (χ1n) is 12.8. The lowest BCUT2D eigenvalue weighted by Crippen LogP contribution is -2.56. The Labute approximate surface area is 217 Å². The van der Waals surface area contributed by atoms with Crippen LogP contribution >= 0.6 is 11.6 Å². The molecule has 8 nitrogen and oxygen atoms in total. The van der Waals surface area contributed by atoms with E-state index in [1.807, 2.05) is 4.90 Å². The van der Waals surface area contributed by atoms with Crippen LogP contribution in [0.25, 0.3) is 0 Å². The van der Waals surface area contributed by atoms with Crippen LogP contribution in [0.1, 0.15) is 47.7 Å². The Morgan fingerprint density at radius 3 is 2.50 bits per heavy atom. The summed E-state index contributed by atoms with van der Waals surface area (Å²) in [5, 5.41) is 14.7. The van der Waals surface area contributed by atoms with E-state index in [1.165, 1.54) is 17.3 Å². The maximum atomic E-state index is 13.4. The van der Waals surface area contributed by atoms with E-state index in [0.717, 1.165) is 38.8 Å². The van der Waals surface area contributed by atoms with Gasteiger partial charge in [-0.1, -0.05) is 35.9 Å². The van der Waals surface area contributed by atoms with Crippen molar-refractivity contribution in [1.29, 1.82) is 0 Å². The molecule has 192 valence electrons. The lowest BCUT2D eigenvalue weighted by Gasteiger charge is -2.43. The minimum atomic E-state index is -0.613. The smallest absolute Gasteiger partial charge is 0.255 e. The molecule has 2 aromatic rings. The topological polar surface area (TPSA) is 89.0 Å². The number of anilines is 1. The molecular weight excluding hydrogens is 478 g/mol. The Morgan fingerprint density at radius 1 is 1.06 bits per heavy atom. The number of halogens is 1. The molecule has 0 saturated carbocycles. The number of amides is 2. The summed E-state index contributed by atoms with van der Waals surface area (Å²) in [6.45, 7) is 5.63. The van der Waals surface area contributed by atoms with Crippen molar-refractivity contribution in [2.45, 2.75) is 57.3 Å². The van der Waals surface area contributed by atoms with Gasteiger partial charge >= 0.3 is 0 Å². The van der Waals surface area contributed by atoms with Crippen molar-refractivity contribution in [3.63, 3.8) is 0 Å². The number of nitrogens with one attached hydrogen (secondary N) is 1. The third kappa shape index (κ3) is 5.36. The highest BCUT2D eigenvalue weighted by Gasteiger charge is 2.36. The number of likely N-dealkylation sites (tertiary alicyclic amines) is 2. The number of rotatable bonds is 4. The molecule has 0 aliphatic carbocycles. The van der Waals surface area contributed by atoms with E-state index in [9.17, 15) is 14.7 Å². The quantitative estimate of drug-likeness (QED) is 0.656. The number of fused-ring (bicyclic) bond motifs is 1. The molecule has 0 bridgehead atoms. The van der Waals surface area contributed by atoms with Gasteiger partial charge in [0, 0.05) is 64.5 Å². The van der Waals surface area contributed by atoms with Crippen LogP contribution in [0, 0.1) is 0 Å². The Kier molecular flexibility index (Phi) is 7.46. The van der Waals surface area contributed by atoms with Crippen LogP contribution < -0.4 is 5.32 Å². The number of β-amino-alcohol motifs (C(OH)–C–C–N with tert-alkyl or cyclic N) is 1. The van der Waals surface area contributed by atoms with Crippen molar-refractivity contribution < 1.29 is 14.7 Å². The van der Waals surface area contributed by atoms with E-state index in [0.29, 0.717) is 36.0 Å². The zero-order valence-electron chi connectivity index (χ0n) is 20.7. The summed E-state index contributed by atoms with van der Waals surface area (Å²) < 4.78 is 0. The normalized spacial score (nSPS) is 23.3. The summed E-state index contributed by atoms with van der Waals surface area (Å²) in [5.41, 5.74) is 3.11. The fourth-order valence-corrected chi connectivity index (χ4v) is 5.91. The molecule has 0 radical (unpaired) electrons. The Morgan fingerprint density at radius 2 is 1.78 bits per heavy atom. The zero-order valence-corrected chi connectivity index (χ0v) is 21.5. The van der Waals surface area contributed by atoms with Crippen LogP contribution in [0.5, 0.6) is 0 Å². The summed E-state index contributed by atoms with van der Waals surface area (Å²) in [7, 11) is 0. The summed E-state index contributed by atoms with van der Waals surface area (Å²) in [4.78, 5) is 35.2. The van der Waals surface area contributed by atoms with Gasteiger partial charge in [-0.25, -0.2) is 4.98 Å². The zero-order chi connectivity index (χ0) is 25.2. The molecule has 2 amide bonds. The average Bonchev–Trinajstić information content (AvgIpc) is 2.89.